The molecule has 1 aliphatic carbocycles. The van der Waals surface area contributed by atoms with Gasteiger partial charge in [-0.2, -0.15) is 0 Å². The number of ether oxygens (including phenoxy) is 2. The van der Waals surface area contributed by atoms with Crippen LogP contribution in [0.4, 0.5) is 4.39 Å². The fraction of sp³-hybridized carbons (Fsp3) is 0.619. The molecule has 6 nitrogen and oxygen atoms in total. The minimum absolute atomic E-state index is 0. The lowest BCUT2D eigenvalue weighted by Gasteiger charge is -2.29. The third-order valence-corrected chi connectivity index (χ3v) is 4.97. The zero-order valence-electron chi connectivity index (χ0n) is 17.4. The van der Waals surface area contributed by atoms with Crippen LogP contribution in [0.2, 0.25) is 0 Å². The molecule has 1 fully saturated rings. The number of methoxy groups -OCH3 is 1. The molecule has 1 atom stereocenters. The van der Waals surface area contributed by atoms with Gasteiger partial charge in [-0.25, -0.2) is 4.39 Å². The lowest BCUT2D eigenvalue weighted by molar-refractivity contribution is -0.149. The van der Waals surface area contributed by atoms with Crippen LogP contribution >= 0.6 is 24.0 Å². The minimum atomic E-state index is -0.268. The van der Waals surface area contributed by atoms with Crippen LogP contribution in [0, 0.1) is 11.7 Å². The van der Waals surface area contributed by atoms with Gasteiger partial charge in [-0.15, -0.1) is 24.0 Å². The zero-order chi connectivity index (χ0) is 20.4. The van der Waals surface area contributed by atoms with E-state index >= 15 is 0 Å². The van der Waals surface area contributed by atoms with Gasteiger partial charge in [0.25, 0.3) is 0 Å². The number of esters is 1. The van der Waals surface area contributed by atoms with E-state index in [0.717, 1.165) is 43.8 Å². The number of aliphatic imine (C=N–C) groups is 1. The Bertz CT molecular complexity index is 635. The van der Waals surface area contributed by atoms with Gasteiger partial charge in [0.1, 0.15) is 11.9 Å². The molecule has 1 unspecified atom stereocenters. The smallest absolute Gasteiger partial charge is 0.308 e. The van der Waals surface area contributed by atoms with Crippen molar-refractivity contribution < 1.29 is 18.7 Å². The first-order valence-corrected chi connectivity index (χ1v) is 10.1. The van der Waals surface area contributed by atoms with Crippen molar-refractivity contribution in [3.8, 4) is 0 Å². The normalized spacial score (nSPS) is 20.3. The van der Waals surface area contributed by atoms with E-state index in [0.29, 0.717) is 13.2 Å². The Hall–Kier alpha value is -1.42. The Labute approximate surface area is 190 Å². The van der Waals surface area contributed by atoms with Crippen molar-refractivity contribution in [1.29, 1.82) is 0 Å². The average Bonchev–Trinajstić information content (AvgIpc) is 2.70. The van der Waals surface area contributed by atoms with Gasteiger partial charge >= 0.3 is 5.97 Å². The van der Waals surface area contributed by atoms with Crippen molar-refractivity contribution in [3.63, 3.8) is 0 Å². The standard InChI is InChI=1S/C21H32FN3O3.HI/c1-4-23-21(24-14-19(27-3)15-6-10-17(22)11-7-15)25-18-12-8-16(9-13-18)20(26)28-5-2;/h6-7,10-11,16,18-19H,4-5,8-9,12-14H2,1-3H3,(H2,23,24,25);1H. The van der Waals surface area contributed by atoms with Crippen LogP contribution in [0.1, 0.15) is 51.2 Å². The second-order valence-electron chi connectivity index (χ2n) is 6.94. The van der Waals surface area contributed by atoms with Crippen molar-refractivity contribution in [1.82, 2.24) is 10.6 Å². The van der Waals surface area contributed by atoms with E-state index in [1.165, 1.54) is 12.1 Å². The number of hydrogen-bond donors (Lipinski definition) is 2. The van der Waals surface area contributed by atoms with Gasteiger partial charge in [-0.1, -0.05) is 12.1 Å². The Kier molecular flexibility index (Phi) is 12.1. The van der Waals surface area contributed by atoms with Crippen molar-refractivity contribution >= 4 is 35.9 Å². The number of nitrogens with one attached hydrogen (secondary N) is 2. The van der Waals surface area contributed by atoms with E-state index in [1.54, 1.807) is 19.2 Å². The Morgan fingerprint density at radius 2 is 1.86 bits per heavy atom. The zero-order valence-corrected chi connectivity index (χ0v) is 19.8. The highest BCUT2D eigenvalue weighted by atomic mass is 127. The van der Waals surface area contributed by atoms with Crippen LogP contribution in [0.15, 0.2) is 29.3 Å². The summed E-state index contributed by atoms with van der Waals surface area (Å²) in [4.78, 5) is 16.5. The molecule has 2 N–H and O–H groups in total. The highest BCUT2D eigenvalue weighted by Gasteiger charge is 2.27. The van der Waals surface area contributed by atoms with E-state index in [4.69, 9.17) is 9.47 Å². The van der Waals surface area contributed by atoms with E-state index in [9.17, 15) is 9.18 Å². The number of benzene rings is 1. The fourth-order valence-electron chi connectivity index (χ4n) is 3.41. The summed E-state index contributed by atoms with van der Waals surface area (Å²) >= 11 is 0. The molecular formula is C21H33FIN3O3. The molecule has 1 aliphatic rings. The van der Waals surface area contributed by atoms with Crippen LogP contribution in [-0.2, 0) is 14.3 Å². The van der Waals surface area contributed by atoms with Gasteiger partial charge in [0.05, 0.1) is 19.1 Å². The molecule has 0 heterocycles. The van der Waals surface area contributed by atoms with Crippen molar-refractivity contribution in [2.45, 2.75) is 51.7 Å². The van der Waals surface area contributed by atoms with Gasteiger partial charge in [-0.05, 0) is 57.2 Å². The highest BCUT2D eigenvalue weighted by molar-refractivity contribution is 14.0. The molecule has 29 heavy (non-hydrogen) atoms. The summed E-state index contributed by atoms with van der Waals surface area (Å²) < 4.78 is 23.8. The van der Waals surface area contributed by atoms with Crippen molar-refractivity contribution in [2.75, 3.05) is 26.8 Å². The summed E-state index contributed by atoms with van der Waals surface area (Å²) in [5.41, 5.74) is 0.887. The molecule has 0 spiro atoms. The maximum absolute atomic E-state index is 13.1. The van der Waals surface area contributed by atoms with E-state index in [1.807, 2.05) is 13.8 Å². The summed E-state index contributed by atoms with van der Waals surface area (Å²) in [5.74, 6) is 0.388. The van der Waals surface area contributed by atoms with Crippen molar-refractivity contribution in [3.05, 3.63) is 35.6 Å². The maximum Gasteiger partial charge on any atom is 0.308 e. The predicted molar refractivity (Wildman–Crippen MR) is 123 cm³/mol. The molecule has 1 aromatic rings. The molecule has 164 valence electrons. The molecule has 0 radical (unpaired) electrons. The number of carbonyl (C=O) groups excluding carboxylic acids is 1. The molecule has 1 saturated carbocycles. The molecule has 0 amide bonds. The van der Waals surface area contributed by atoms with Gasteiger partial charge in [0.15, 0.2) is 5.96 Å². The van der Waals surface area contributed by atoms with Crippen LogP contribution in [0.5, 0.6) is 0 Å². The third-order valence-electron chi connectivity index (χ3n) is 4.97. The number of nitrogens with zero attached hydrogens (tertiary/aromatic N) is 1. The molecular weight excluding hydrogens is 488 g/mol. The molecule has 8 heteroatoms. The van der Waals surface area contributed by atoms with Crippen LogP contribution < -0.4 is 10.6 Å². The molecule has 0 bridgehead atoms. The second-order valence-corrected chi connectivity index (χ2v) is 6.94. The summed E-state index contributed by atoms with van der Waals surface area (Å²) in [6.45, 7) is 5.46. The summed E-state index contributed by atoms with van der Waals surface area (Å²) in [5, 5.41) is 6.72. The molecule has 2 rings (SSSR count). The van der Waals surface area contributed by atoms with E-state index < -0.39 is 0 Å². The van der Waals surface area contributed by atoms with Crippen LogP contribution in [0.25, 0.3) is 0 Å². The number of hydrogen-bond acceptors (Lipinski definition) is 4. The molecule has 1 aromatic carbocycles. The van der Waals surface area contributed by atoms with Gasteiger partial charge < -0.3 is 20.1 Å². The number of rotatable bonds is 8. The number of guanidine groups is 1. The van der Waals surface area contributed by atoms with E-state index in [2.05, 4.69) is 15.6 Å². The lowest BCUT2D eigenvalue weighted by atomic mass is 9.86. The quantitative estimate of drug-likeness (QED) is 0.236. The Morgan fingerprint density at radius 3 is 2.41 bits per heavy atom. The SMILES string of the molecule is CCNC(=NCC(OC)c1ccc(F)cc1)NC1CCC(C(=O)OCC)CC1.I. The molecule has 0 aliphatic heterocycles. The summed E-state index contributed by atoms with van der Waals surface area (Å²) in [6, 6.07) is 6.56. The first kappa shape index (κ1) is 25.6. The van der Waals surface area contributed by atoms with Gasteiger partial charge in [0, 0.05) is 19.7 Å². The molecule has 0 aromatic heterocycles. The second kappa shape index (κ2) is 13.7. The maximum atomic E-state index is 13.1. The first-order valence-electron chi connectivity index (χ1n) is 10.1. The topological polar surface area (TPSA) is 72.0 Å². The monoisotopic (exact) mass is 521 g/mol. The van der Waals surface area contributed by atoms with E-state index in [-0.39, 0.29) is 53.8 Å². The minimum Gasteiger partial charge on any atom is -0.466 e. The fourth-order valence-corrected chi connectivity index (χ4v) is 3.41. The Morgan fingerprint density at radius 1 is 1.21 bits per heavy atom. The largest absolute Gasteiger partial charge is 0.466 e. The van der Waals surface area contributed by atoms with Crippen LogP contribution in [-0.4, -0.2) is 44.8 Å². The Balaban J connectivity index is 0.00000420. The lowest BCUT2D eigenvalue weighted by Crippen LogP contribution is -2.45. The molecule has 0 saturated heterocycles. The van der Waals surface area contributed by atoms with Gasteiger partial charge in [-0.3, -0.25) is 9.79 Å². The predicted octanol–water partition coefficient (Wildman–Crippen LogP) is 3.81. The average molecular weight is 521 g/mol. The van der Waals surface area contributed by atoms with Gasteiger partial charge in [0.2, 0.25) is 0 Å². The first-order chi connectivity index (χ1) is 13.6. The third kappa shape index (κ3) is 8.46. The summed E-state index contributed by atoms with van der Waals surface area (Å²) in [7, 11) is 1.63. The number of carbonyl (C=O) groups is 1. The van der Waals surface area contributed by atoms with Crippen LogP contribution in [0.3, 0.4) is 0 Å². The number of halogens is 2. The van der Waals surface area contributed by atoms with Crippen molar-refractivity contribution in [2.24, 2.45) is 10.9 Å². The highest BCUT2D eigenvalue weighted by Crippen LogP contribution is 2.25. The summed E-state index contributed by atoms with van der Waals surface area (Å²) in [6.07, 6.45) is 3.22.